The van der Waals surface area contributed by atoms with Gasteiger partial charge in [-0.3, -0.25) is 14.8 Å². The Morgan fingerprint density at radius 1 is 1.06 bits per heavy atom. The molecule has 0 saturated heterocycles. The zero-order valence-corrected chi connectivity index (χ0v) is 22.0. The maximum Gasteiger partial charge on any atom is 0.261 e. The molecule has 0 saturated carbocycles. The van der Waals surface area contributed by atoms with Crippen LogP contribution in [0.1, 0.15) is 32.0 Å². The number of pyridine rings is 1. The number of fused-ring (bicyclic) bond motifs is 1. The molecule has 0 spiro atoms. The maximum atomic E-state index is 12.7. The van der Waals surface area contributed by atoms with E-state index in [0.29, 0.717) is 30.1 Å². The number of hydrogen-bond donors (Lipinski definition) is 3. The summed E-state index contributed by atoms with van der Waals surface area (Å²) in [6, 6.07) is 15.8. The van der Waals surface area contributed by atoms with Crippen LogP contribution in [-0.2, 0) is 4.43 Å². The molecule has 3 aromatic heterocycles. The average molecular weight is 488 g/mol. The molecule has 0 aliphatic heterocycles. The van der Waals surface area contributed by atoms with Gasteiger partial charge in [-0.1, -0.05) is 57.2 Å². The molecule has 0 fully saturated rings. The Balaban J connectivity index is 1.48. The van der Waals surface area contributed by atoms with Gasteiger partial charge in [-0.25, -0.2) is 0 Å². The van der Waals surface area contributed by atoms with E-state index < -0.39 is 8.32 Å². The van der Waals surface area contributed by atoms with Gasteiger partial charge in [-0.2, -0.15) is 4.98 Å². The topological polar surface area (TPSA) is 95.7 Å². The Hall–Kier alpha value is -3.49. The molecule has 3 N–H and O–H groups in total. The maximum absolute atomic E-state index is 12.7. The van der Waals surface area contributed by atoms with Crippen LogP contribution in [-0.4, -0.2) is 41.4 Å². The molecule has 0 aliphatic carbocycles. The van der Waals surface area contributed by atoms with Crippen LogP contribution < -0.4 is 10.9 Å². The van der Waals surface area contributed by atoms with Crippen molar-refractivity contribution in [3.05, 3.63) is 76.3 Å². The molecule has 35 heavy (non-hydrogen) atoms. The molecule has 0 unspecified atom stereocenters. The summed E-state index contributed by atoms with van der Waals surface area (Å²) in [6.45, 7) is 12.2. The molecule has 1 aromatic carbocycles. The molecular formula is C27H33N5O2Si. The number of H-pyrrole nitrogens is 2. The highest BCUT2D eigenvalue weighted by molar-refractivity contribution is 6.74. The van der Waals surface area contributed by atoms with Gasteiger partial charge in [0, 0.05) is 24.0 Å². The number of aromatic nitrogens is 4. The summed E-state index contributed by atoms with van der Waals surface area (Å²) in [5, 5.41) is 3.85. The number of nitrogens with zero attached hydrogens (tertiary/aromatic N) is 2. The van der Waals surface area contributed by atoms with Gasteiger partial charge < -0.3 is 14.7 Å². The number of aromatic amines is 2. The highest BCUT2D eigenvalue weighted by Crippen LogP contribution is 2.36. The lowest BCUT2D eigenvalue weighted by atomic mass is 10.1. The molecule has 4 rings (SSSR count). The first-order valence-corrected chi connectivity index (χ1v) is 14.7. The third kappa shape index (κ3) is 5.96. The zero-order chi connectivity index (χ0) is 25.1. The first-order chi connectivity index (χ1) is 16.6. The van der Waals surface area contributed by atoms with Gasteiger partial charge in [-0.15, -0.1) is 0 Å². The van der Waals surface area contributed by atoms with E-state index in [9.17, 15) is 4.79 Å². The number of rotatable bonds is 8. The van der Waals surface area contributed by atoms with Crippen LogP contribution in [0.4, 0.5) is 5.95 Å². The van der Waals surface area contributed by atoms with Crippen molar-refractivity contribution in [1.82, 2.24) is 19.9 Å². The van der Waals surface area contributed by atoms with Crippen LogP contribution >= 0.6 is 0 Å². The lowest BCUT2D eigenvalue weighted by Crippen LogP contribution is -2.41. The van der Waals surface area contributed by atoms with Gasteiger partial charge in [0.2, 0.25) is 5.95 Å². The fourth-order valence-corrected chi connectivity index (χ4v) is 4.45. The fraction of sp³-hybridized carbons (Fsp3) is 0.296. The predicted octanol–water partition coefficient (Wildman–Crippen LogP) is 5.92. The fourth-order valence-electron chi connectivity index (χ4n) is 3.40. The van der Waals surface area contributed by atoms with Gasteiger partial charge in [-0.05, 0) is 48.0 Å². The van der Waals surface area contributed by atoms with E-state index in [2.05, 4.69) is 59.1 Å². The van der Waals surface area contributed by atoms with Gasteiger partial charge in [0.15, 0.2) is 8.32 Å². The van der Waals surface area contributed by atoms with Crippen molar-refractivity contribution in [1.29, 1.82) is 0 Å². The van der Waals surface area contributed by atoms with Crippen LogP contribution in [0.5, 0.6) is 0 Å². The van der Waals surface area contributed by atoms with Crippen LogP contribution in [0.2, 0.25) is 18.1 Å². The van der Waals surface area contributed by atoms with Gasteiger partial charge in [0.1, 0.15) is 5.65 Å². The number of anilines is 1. The van der Waals surface area contributed by atoms with E-state index in [4.69, 9.17) is 4.43 Å². The number of benzene rings is 1. The van der Waals surface area contributed by atoms with Crippen molar-refractivity contribution in [3.8, 4) is 11.3 Å². The predicted molar refractivity (Wildman–Crippen MR) is 147 cm³/mol. The molecule has 0 bridgehead atoms. The lowest BCUT2D eigenvalue weighted by molar-refractivity contribution is 0.301. The minimum absolute atomic E-state index is 0.156. The summed E-state index contributed by atoms with van der Waals surface area (Å²) in [5.74, 6) is 0.427. The van der Waals surface area contributed by atoms with E-state index >= 15 is 0 Å². The summed E-state index contributed by atoms with van der Waals surface area (Å²) in [4.78, 5) is 27.8. The smallest absolute Gasteiger partial charge is 0.261 e. The quantitative estimate of drug-likeness (QED) is 0.212. The van der Waals surface area contributed by atoms with Gasteiger partial charge in [0.05, 0.1) is 17.7 Å². The zero-order valence-electron chi connectivity index (χ0n) is 21.0. The van der Waals surface area contributed by atoms with Crippen LogP contribution in [0.3, 0.4) is 0 Å². The van der Waals surface area contributed by atoms with Crippen molar-refractivity contribution in [2.75, 3.05) is 18.5 Å². The molecule has 0 amide bonds. The van der Waals surface area contributed by atoms with E-state index in [-0.39, 0.29) is 10.6 Å². The van der Waals surface area contributed by atoms with Crippen LogP contribution in [0.25, 0.3) is 34.4 Å². The second-order valence-electron chi connectivity index (χ2n) is 10.1. The number of nitrogens with one attached hydrogen (secondary N) is 3. The molecule has 7 nitrogen and oxygen atoms in total. The van der Waals surface area contributed by atoms with Crippen molar-refractivity contribution in [2.45, 2.75) is 38.9 Å². The molecule has 3 heterocycles. The van der Waals surface area contributed by atoms with Crippen molar-refractivity contribution >= 4 is 37.5 Å². The molecule has 182 valence electrons. The highest BCUT2D eigenvalue weighted by Gasteiger charge is 2.36. The highest BCUT2D eigenvalue weighted by atomic mass is 28.4. The largest absolute Gasteiger partial charge is 0.415 e. The lowest BCUT2D eigenvalue weighted by Gasteiger charge is -2.36. The molecule has 4 aromatic rings. The third-order valence-electron chi connectivity index (χ3n) is 6.50. The Morgan fingerprint density at radius 2 is 1.83 bits per heavy atom. The first kappa shape index (κ1) is 24.6. The molecule has 0 aliphatic rings. The first-order valence-electron chi connectivity index (χ1n) is 11.8. The van der Waals surface area contributed by atoms with E-state index in [0.717, 1.165) is 22.5 Å². The third-order valence-corrected chi connectivity index (χ3v) is 11.0. The van der Waals surface area contributed by atoms with Crippen molar-refractivity contribution < 1.29 is 4.43 Å². The van der Waals surface area contributed by atoms with Crippen molar-refractivity contribution in [3.63, 3.8) is 0 Å². The van der Waals surface area contributed by atoms with E-state index in [1.165, 1.54) is 0 Å². The van der Waals surface area contributed by atoms with Crippen LogP contribution in [0, 0.1) is 0 Å². The van der Waals surface area contributed by atoms with Crippen LogP contribution in [0.15, 0.2) is 59.5 Å². The van der Waals surface area contributed by atoms with E-state index in [1.54, 1.807) is 6.20 Å². The van der Waals surface area contributed by atoms with E-state index in [1.807, 2.05) is 60.7 Å². The van der Waals surface area contributed by atoms with Gasteiger partial charge >= 0.3 is 0 Å². The Bertz CT molecular complexity index is 1380. The molecular weight excluding hydrogens is 454 g/mol. The minimum Gasteiger partial charge on any atom is -0.415 e. The Labute approximate surface area is 206 Å². The summed E-state index contributed by atoms with van der Waals surface area (Å²) in [5.41, 5.74) is 4.03. The second kappa shape index (κ2) is 10.0. The standard InChI is InChI=1S/C27H33N5O2Si/c1-27(2,3)35(4,5)34-16-15-29-26-31-24-22(25(33)32-26)18-23(30-24)20-13-14-28-21(17-20)12-11-19-9-7-6-8-10-19/h6-14,17-18H,15-16H2,1-5H3,(H3,29,30,31,32,33)/b12-11+. The SMILES string of the molecule is CC(C)(C)[Si](C)(C)OCCNc1nc2[nH]c(-c3ccnc(/C=C/c4ccccc4)c3)cc2c(=O)[nH]1. The summed E-state index contributed by atoms with van der Waals surface area (Å²) < 4.78 is 6.19. The minimum atomic E-state index is -1.81. The monoisotopic (exact) mass is 487 g/mol. The normalized spacial score (nSPS) is 12.5. The Morgan fingerprint density at radius 3 is 2.57 bits per heavy atom. The van der Waals surface area contributed by atoms with Crippen molar-refractivity contribution in [2.24, 2.45) is 0 Å². The number of hydrogen-bond acceptors (Lipinski definition) is 5. The average Bonchev–Trinajstić information content (AvgIpc) is 3.26. The summed E-state index contributed by atoms with van der Waals surface area (Å²) >= 11 is 0. The van der Waals surface area contributed by atoms with Gasteiger partial charge in [0.25, 0.3) is 5.56 Å². The Kier molecular flexibility index (Phi) is 7.04. The summed E-state index contributed by atoms with van der Waals surface area (Å²) in [6.07, 6.45) is 5.76. The second-order valence-corrected chi connectivity index (χ2v) is 14.9. The molecule has 0 radical (unpaired) electrons. The molecule has 8 heteroatoms. The molecule has 0 atom stereocenters. The summed E-state index contributed by atoms with van der Waals surface area (Å²) in [7, 11) is -1.81.